The maximum absolute atomic E-state index is 13.0. The fourth-order valence-corrected chi connectivity index (χ4v) is 1.77. The maximum Gasteiger partial charge on any atom is 0.125 e. The predicted octanol–water partition coefficient (Wildman–Crippen LogP) is 3.19. The molecule has 4 heteroatoms. The molecule has 0 atom stereocenters. The molecule has 0 aliphatic rings. The lowest BCUT2D eigenvalue weighted by atomic mass is 10.3. The number of alkyl halides is 1. The predicted molar refractivity (Wildman–Crippen MR) is 59.6 cm³/mol. The average molecular weight is 227 g/mol. The van der Waals surface area contributed by atoms with E-state index >= 15 is 0 Å². The van der Waals surface area contributed by atoms with E-state index in [2.05, 4.69) is 4.98 Å². The van der Waals surface area contributed by atoms with Gasteiger partial charge in [-0.3, -0.25) is 0 Å². The van der Waals surface area contributed by atoms with Gasteiger partial charge in [0.1, 0.15) is 5.82 Å². The van der Waals surface area contributed by atoms with Gasteiger partial charge < -0.3 is 4.57 Å². The van der Waals surface area contributed by atoms with Crippen LogP contribution in [-0.2, 0) is 6.54 Å². The molecule has 1 aromatic heterocycles. The molecule has 0 bridgehead atoms. The van der Waals surface area contributed by atoms with Crippen LogP contribution in [0.3, 0.4) is 0 Å². The first-order valence-corrected chi connectivity index (χ1v) is 5.51. The number of fused-ring (bicyclic) bond motifs is 1. The average Bonchev–Trinajstić information content (AvgIpc) is 2.62. The van der Waals surface area contributed by atoms with Gasteiger partial charge in [0.2, 0.25) is 0 Å². The zero-order valence-electron chi connectivity index (χ0n) is 8.29. The minimum atomic E-state index is -0.221. The Hall–Kier alpha value is -1.09. The summed E-state index contributed by atoms with van der Waals surface area (Å²) in [6, 6.07) is 4.64. The Kier molecular flexibility index (Phi) is 3.21. The van der Waals surface area contributed by atoms with Crippen LogP contribution in [0.1, 0.15) is 12.8 Å². The highest BCUT2D eigenvalue weighted by Crippen LogP contribution is 2.14. The van der Waals surface area contributed by atoms with Crippen LogP contribution in [0.25, 0.3) is 11.0 Å². The van der Waals surface area contributed by atoms with Crippen LogP contribution in [0.5, 0.6) is 0 Å². The summed E-state index contributed by atoms with van der Waals surface area (Å²) in [6.07, 6.45) is 3.71. The number of unbranched alkanes of at least 4 members (excludes halogenated alkanes) is 1. The van der Waals surface area contributed by atoms with E-state index in [9.17, 15) is 4.39 Å². The van der Waals surface area contributed by atoms with E-state index in [0.717, 1.165) is 30.4 Å². The first kappa shape index (κ1) is 10.4. The molecule has 2 nitrogen and oxygen atoms in total. The number of aromatic nitrogens is 2. The van der Waals surface area contributed by atoms with Gasteiger partial charge in [-0.15, -0.1) is 11.6 Å². The first-order chi connectivity index (χ1) is 7.31. The smallest absolute Gasteiger partial charge is 0.125 e. The van der Waals surface area contributed by atoms with E-state index in [1.165, 1.54) is 12.1 Å². The maximum atomic E-state index is 13.0. The molecule has 0 N–H and O–H groups in total. The van der Waals surface area contributed by atoms with E-state index < -0.39 is 0 Å². The van der Waals surface area contributed by atoms with Crippen molar-refractivity contribution in [1.82, 2.24) is 9.55 Å². The van der Waals surface area contributed by atoms with Crippen molar-refractivity contribution in [3.8, 4) is 0 Å². The second-order valence-corrected chi connectivity index (χ2v) is 3.85. The van der Waals surface area contributed by atoms with Gasteiger partial charge in [-0.1, -0.05) is 0 Å². The van der Waals surface area contributed by atoms with Crippen LogP contribution in [0.2, 0.25) is 0 Å². The Bertz CT molecular complexity index is 453. The van der Waals surface area contributed by atoms with Crippen molar-refractivity contribution in [2.24, 2.45) is 0 Å². The van der Waals surface area contributed by atoms with Gasteiger partial charge in [0, 0.05) is 12.4 Å². The number of hydrogen-bond donors (Lipinski definition) is 0. The lowest BCUT2D eigenvalue weighted by Gasteiger charge is -2.02. The standard InChI is InChI=1S/C11H12ClFN2/c12-5-1-2-6-15-8-14-10-4-3-9(13)7-11(10)15/h3-4,7-8H,1-2,5-6H2. The molecule has 1 aromatic carbocycles. The van der Waals surface area contributed by atoms with E-state index in [1.54, 1.807) is 12.4 Å². The van der Waals surface area contributed by atoms with Crippen molar-refractivity contribution in [2.45, 2.75) is 19.4 Å². The number of benzene rings is 1. The summed E-state index contributed by atoms with van der Waals surface area (Å²) in [5.41, 5.74) is 1.69. The van der Waals surface area contributed by atoms with Crippen LogP contribution in [0, 0.1) is 5.82 Å². The van der Waals surface area contributed by atoms with Crippen molar-refractivity contribution < 1.29 is 4.39 Å². The number of halogens is 2. The van der Waals surface area contributed by atoms with E-state index in [4.69, 9.17) is 11.6 Å². The number of aryl methyl sites for hydroxylation is 1. The first-order valence-electron chi connectivity index (χ1n) is 4.97. The van der Waals surface area contributed by atoms with E-state index in [-0.39, 0.29) is 5.82 Å². The molecule has 0 spiro atoms. The minimum absolute atomic E-state index is 0.221. The molecule has 2 rings (SSSR count). The van der Waals surface area contributed by atoms with Gasteiger partial charge in [0.25, 0.3) is 0 Å². The molecule has 15 heavy (non-hydrogen) atoms. The molecule has 0 saturated carbocycles. The minimum Gasteiger partial charge on any atom is -0.331 e. The molecule has 0 saturated heterocycles. The van der Waals surface area contributed by atoms with Gasteiger partial charge in [0.15, 0.2) is 0 Å². The highest BCUT2D eigenvalue weighted by molar-refractivity contribution is 6.17. The van der Waals surface area contributed by atoms with Crippen LogP contribution in [0.4, 0.5) is 4.39 Å². The zero-order valence-corrected chi connectivity index (χ0v) is 9.04. The Balaban J connectivity index is 2.23. The summed E-state index contributed by atoms with van der Waals surface area (Å²) >= 11 is 5.60. The monoisotopic (exact) mass is 226 g/mol. The third-order valence-electron chi connectivity index (χ3n) is 2.37. The van der Waals surface area contributed by atoms with E-state index in [0.29, 0.717) is 5.88 Å². The molecule has 0 fully saturated rings. The van der Waals surface area contributed by atoms with Crippen LogP contribution in [-0.4, -0.2) is 15.4 Å². The normalized spacial score (nSPS) is 11.1. The molecule has 0 radical (unpaired) electrons. The van der Waals surface area contributed by atoms with Crippen LogP contribution < -0.4 is 0 Å². The van der Waals surface area contributed by atoms with Crippen molar-refractivity contribution in [3.05, 3.63) is 30.3 Å². The Labute approximate surface area is 92.7 Å². The van der Waals surface area contributed by atoms with Gasteiger partial charge in [0.05, 0.1) is 17.4 Å². The molecule has 0 unspecified atom stereocenters. The molecule has 2 aromatic rings. The van der Waals surface area contributed by atoms with Crippen LogP contribution in [0.15, 0.2) is 24.5 Å². The summed E-state index contributed by atoms with van der Waals surface area (Å²) in [7, 11) is 0. The summed E-state index contributed by atoms with van der Waals surface area (Å²) in [6.45, 7) is 0.840. The van der Waals surface area contributed by atoms with E-state index in [1.807, 2.05) is 4.57 Å². The fourth-order valence-electron chi connectivity index (χ4n) is 1.58. The third-order valence-corrected chi connectivity index (χ3v) is 2.63. The Morgan fingerprint density at radius 3 is 3.00 bits per heavy atom. The molecule has 80 valence electrons. The lowest BCUT2D eigenvalue weighted by molar-refractivity contribution is 0.623. The Morgan fingerprint density at radius 2 is 2.20 bits per heavy atom. The largest absolute Gasteiger partial charge is 0.331 e. The SMILES string of the molecule is Fc1ccc2ncn(CCCCCl)c2c1. The summed E-state index contributed by atoms with van der Waals surface area (Å²) in [5, 5.41) is 0. The van der Waals surface area contributed by atoms with Gasteiger partial charge in [-0.05, 0) is 31.0 Å². The van der Waals surface area contributed by atoms with Gasteiger partial charge in [-0.2, -0.15) is 0 Å². The number of nitrogens with zero attached hydrogens (tertiary/aromatic N) is 2. The number of hydrogen-bond acceptors (Lipinski definition) is 1. The molecule has 0 aliphatic carbocycles. The van der Waals surface area contributed by atoms with Crippen molar-refractivity contribution in [3.63, 3.8) is 0 Å². The van der Waals surface area contributed by atoms with Gasteiger partial charge in [-0.25, -0.2) is 9.37 Å². The summed E-state index contributed by atoms with van der Waals surface area (Å²) in [5.74, 6) is 0.447. The number of rotatable bonds is 4. The van der Waals surface area contributed by atoms with Gasteiger partial charge >= 0.3 is 0 Å². The quantitative estimate of drug-likeness (QED) is 0.578. The topological polar surface area (TPSA) is 17.8 Å². The Morgan fingerprint density at radius 1 is 1.33 bits per heavy atom. The fraction of sp³-hybridized carbons (Fsp3) is 0.364. The highest BCUT2D eigenvalue weighted by Gasteiger charge is 2.02. The molecule has 0 amide bonds. The van der Waals surface area contributed by atoms with Crippen LogP contribution >= 0.6 is 11.6 Å². The lowest BCUT2D eigenvalue weighted by Crippen LogP contribution is -1.96. The number of imidazole rings is 1. The van der Waals surface area contributed by atoms with Crippen molar-refractivity contribution in [1.29, 1.82) is 0 Å². The van der Waals surface area contributed by atoms with Crippen molar-refractivity contribution >= 4 is 22.6 Å². The molecule has 0 aliphatic heterocycles. The molecular formula is C11H12ClFN2. The van der Waals surface area contributed by atoms with Crippen molar-refractivity contribution in [2.75, 3.05) is 5.88 Å². The molecule has 1 heterocycles. The highest BCUT2D eigenvalue weighted by atomic mass is 35.5. The second-order valence-electron chi connectivity index (χ2n) is 3.47. The second kappa shape index (κ2) is 4.62. The molecular weight excluding hydrogens is 215 g/mol. The summed E-state index contributed by atoms with van der Waals surface area (Å²) < 4.78 is 15.0. The summed E-state index contributed by atoms with van der Waals surface area (Å²) in [4.78, 5) is 4.20. The zero-order chi connectivity index (χ0) is 10.7. The third kappa shape index (κ3) is 2.29.